The Morgan fingerprint density at radius 2 is 1.80 bits per heavy atom. The third-order valence-corrected chi connectivity index (χ3v) is 1.35. The Morgan fingerprint density at radius 3 is 2.20 bits per heavy atom. The van der Waals surface area contributed by atoms with Crippen LogP contribution in [0.2, 0.25) is 0 Å². The standard InChI is InChI=1S/C8H10O.K/c1-6-3-4-8(9)7(2)5-6;/h3-5,9H,1-2H3;. The van der Waals surface area contributed by atoms with Crippen molar-refractivity contribution in [2.24, 2.45) is 0 Å². The van der Waals surface area contributed by atoms with Crippen molar-refractivity contribution in [2.45, 2.75) is 13.8 Å². The van der Waals surface area contributed by atoms with Gasteiger partial charge in [-0.15, -0.1) is 0 Å². The van der Waals surface area contributed by atoms with E-state index in [0.29, 0.717) is 5.75 Å². The number of rotatable bonds is 0. The van der Waals surface area contributed by atoms with Gasteiger partial charge in [0.25, 0.3) is 0 Å². The molecule has 0 aromatic heterocycles. The van der Waals surface area contributed by atoms with E-state index >= 15 is 0 Å². The van der Waals surface area contributed by atoms with Crippen LogP contribution in [-0.2, 0) is 0 Å². The molecule has 1 nitrogen and oxygen atoms in total. The number of aromatic hydroxyl groups is 1. The molecule has 0 spiro atoms. The van der Waals surface area contributed by atoms with Crippen molar-refractivity contribution < 1.29 is 5.11 Å². The topological polar surface area (TPSA) is 20.2 Å². The molecule has 0 heterocycles. The van der Waals surface area contributed by atoms with Gasteiger partial charge in [-0.25, -0.2) is 0 Å². The molecule has 10 heavy (non-hydrogen) atoms. The van der Waals surface area contributed by atoms with E-state index in [2.05, 4.69) is 0 Å². The maximum Gasteiger partial charge on any atom is 0.118 e. The first-order valence-electron chi connectivity index (χ1n) is 2.96. The van der Waals surface area contributed by atoms with E-state index in [1.807, 2.05) is 26.0 Å². The van der Waals surface area contributed by atoms with Gasteiger partial charge in [-0.05, 0) is 25.5 Å². The molecule has 1 aromatic rings. The molecule has 0 unspecified atom stereocenters. The van der Waals surface area contributed by atoms with Crippen molar-refractivity contribution in [3.63, 3.8) is 0 Å². The smallest absolute Gasteiger partial charge is 0.118 e. The fraction of sp³-hybridized carbons (Fsp3) is 0.250. The van der Waals surface area contributed by atoms with Gasteiger partial charge in [0.2, 0.25) is 0 Å². The Balaban J connectivity index is 0.000000810. The minimum atomic E-state index is 0. The van der Waals surface area contributed by atoms with Crippen LogP contribution in [-0.4, -0.2) is 56.5 Å². The Hall–Kier alpha value is 0.656. The van der Waals surface area contributed by atoms with Gasteiger partial charge >= 0.3 is 0 Å². The molecule has 0 saturated carbocycles. The Kier molecular flexibility index (Phi) is 4.81. The van der Waals surface area contributed by atoms with E-state index < -0.39 is 0 Å². The van der Waals surface area contributed by atoms with Gasteiger partial charge in [0.1, 0.15) is 5.75 Å². The Labute approximate surface area is 104 Å². The molecule has 0 aliphatic carbocycles. The molecule has 0 fully saturated rings. The predicted molar refractivity (Wildman–Crippen MR) is 43.3 cm³/mol. The maximum atomic E-state index is 9.04. The van der Waals surface area contributed by atoms with E-state index in [9.17, 15) is 0 Å². The summed E-state index contributed by atoms with van der Waals surface area (Å²) in [6.45, 7) is 3.90. The Morgan fingerprint density at radius 1 is 1.20 bits per heavy atom. The van der Waals surface area contributed by atoms with Crippen LogP contribution in [0.4, 0.5) is 0 Å². The van der Waals surface area contributed by atoms with Gasteiger partial charge in [0.05, 0.1) is 0 Å². The molecule has 2 heteroatoms. The average molecular weight is 161 g/mol. The molecule has 1 N–H and O–H groups in total. The third kappa shape index (κ3) is 2.72. The third-order valence-electron chi connectivity index (χ3n) is 1.35. The van der Waals surface area contributed by atoms with Crippen molar-refractivity contribution >= 4 is 51.4 Å². The summed E-state index contributed by atoms with van der Waals surface area (Å²) in [5.74, 6) is 0.376. The molecule has 1 radical (unpaired) electrons. The van der Waals surface area contributed by atoms with Gasteiger partial charge in [-0.3, -0.25) is 0 Å². The monoisotopic (exact) mass is 161 g/mol. The van der Waals surface area contributed by atoms with Crippen LogP contribution in [0.15, 0.2) is 18.2 Å². The van der Waals surface area contributed by atoms with Gasteiger partial charge in [0.15, 0.2) is 0 Å². The molecule has 49 valence electrons. The molecule has 0 saturated heterocycles. The van der Waals surface area contributed by atoms with Gasteiger partial charge in [-0.2, -0.15) is 0 Å². The predicted octanol–water partition coefficient (Wildman–Crippen LogP) is 1.63. The van der Waals surface area contributed by atoms with Crippen molar-refractivity contribution in [3.05, 3.63) is 29.3 Å². The fourth-order valence-corrected chi connectivity index (χ4v) is 0.805. The van der Waals surface area contributed by atoms with Crippen molar-refractivity contribution in [2.75, 3.05) is 0 Å². The summed E-state index contributed by atoms with van der Waals surface area (Å²) in [6, 6.07) is 5.56. The SMILES string of the molecule is Cc1ccc(O)c(C)c1.[K]. The number of benzene rings is 1. The van der Waals surface area contributed by atoms with Gasteiger partial charge in [-0.1, -0.05) is 17.7 Å². The Bertz CT molecular complexity index is 220. The number of hydrogen-bond donors (Lipinski definition) is 1. The van der Waals surface area contributed by atoms with Crippen LogP contribution < -0.4 is 0 Å². The van der Waals surface area contributed by atoms with E-state index in [-0.39, 0.29) is 51.4 Å². The second-order valence-electron chi connectivity index (χ2n) is 2.29. The van der Waals surface area contributed by atoms with E-state index in [0.717, 1.165) is 5.56 Å². The summed E-state index contributed by atoms with van der Waals surface area (Å²) >= 11 is 0. The van der Waals surface area contributed by atoms with E-state index in [1.54, 1.807) is 6.07 Å². The minimum Gasteiger partial charge on any atom is -0.508 e. The molecule has 0 aliphatic heterocycles. The second kappa shape index (κ2) is 4.52. The summed E-state index contributed by atoms with van der Waals surface area (Å²) in [7, 11) is 0. The summed E-state index contributed by atoms with van der Waals surface area (Å²) in [6.07, 6.45) is 0. The van der Waals surface area contributed by atoms with Crippen LogP contribution in [0.3, 0.4) is 0 Å². The summed E-state index contributed by atoms with van der Waals surface area (Å²) in [4.78, 5) is 0. The van der Waals surface area contributed by atoms with Crippen molar-refractivity contribution in [1.82, 2.24) is 0 Å². The van der Waals surface area contributed by atoms with Crippen molar-refractivity contribution in [3.8, 4) is 5.75 Å². The number of hydrogen-bond acceptors (Lipinski definition) is 1. The zero-order valence-electron chi connectivity index (χ0n) is 6.68. The molecule has 0 atom stereocenters. The largest absolute Gasteiger partial charge is 0.508 e. The summed E-state index contributed by atoms with van der Waals surface area (Å²) in [5, 5.41) is 9.04. The first-order chi connectivity index (χ1) is 4.20. The van der Waals surface area contributed by atoms with Crippen LogP contribution in [0.25, 0.3) is 0 Å². The van der Waals surface area contributed by atoms with Crippen LogP contribution in [0, 0.1) is 13.8 Å². The molecule has 1 rings (SSSR count). The number of phenolic OH excluding ortho intramolecular Hbond substituents is 1. The molecule has 0 bridgehead atoms. The second-order valence-corrected chi connectivity index (χ2v) is 2.29. The number of phenols is 1. The zero-order valence-corrected chi connectivity index (χ0v) is 9.80. The molecule has 1 aromatic carbocycles. The zero-order chi connectivity index (χ0) is 6.85. The maximum absolute atomic E-state index is 9.04. The van der Waals surface area contributed by atoms with Crippen molar-refractivity contribution in [1.29, 1.82) is 0 Å². The summed E-state index contributed by atoms with van der Waals surface area (Å²) in [5.41, 5.74) is 2.13. The fourth-order valence-electron chi connectivity index (χ4n) is 0.805. The van der Waals surface area contributed by atoms with E-state index in [4.69, 9.17) is 5.11 Å². The molecule has 0 aliphatic rings. The first kappa shape index (κ1) is 10.7. The van der Waals surface area contributed by atoms with Crippen LogP contribution in [0.1, 0.15) is 11.1 Å². The van der Waals surface area contributed by atoms with E-state index in [1.165, 1.54) is 5.56 Å². The average Bonchev–Trinajstić information content (AvgIpc) is 1.80. The minimum absolute atomic E-state index is 0. The normalized spacial score (nSPS) is 8.60. The van der Waals surface area contributed by atoms with Gasteiger partial charge in [0, 0.05) is 51.4 Å². The summed E-state index contributed by atoms with van der Waals surface area (Å²) < 4.78 is 0. The van der Waals surface area contributed by atoms with Gasteiger partial charge < -0.3 is 5.11 Å². The van der Waals surface area contributed by atoms with Crippen LogP contribution in [0.5, 0.6) is 5.75 Å². The molecule has 0 amide bonds. The number of aryl methyl sites for hydroxylation is 2. The first-order valence-corrected chi connectivity index (χ1v) is 2.96. The molecular weight excluding hydrogens is 151 g/mol. The quantitative estimate of drug-likeness (QED) is 0.573. The van der Waals surface area contributed by atoms with Crippen LogP contribution >= 0.6 is 0 Å². The molecular formula is C8H10KO.